The summed E-state index contributed by atoms with van der Waals surface area (Å²) < 4.78 is 8.02. The number of para-hydroxylation sites is 1. The molecule has 2 atom stereocenters. The van der Waals surface area contributed by atoms with Gasteiger partial charge in [0.2, 0.25) is 11.8 Å². The van der Waals surface area contributed by atoms with Crippen molar-refractivity contribution in [2.45, 2.75) is 81.3 Å². The second-order valence-corrected chi connectivity index (χ2v) is 16.4. The number of ether oxygens (including phenoxy) is 1. The van der Waals surface area contributed by atoms with Gasteiger partial charge in [-0.25, -0.2) is 4.68 Å². The monoisotopic (exact) mass is 775 g/mol. The van der Waals surface area contributed by atoms with Gasteiger partial charge in [0.25, 0.3) is 11.8 Å². The van der Waals surface area contributed by atoms with Crippen LogP contribution < -0.4 is 21.1 Å². The summed E-state index contributed by atoms with van der Waals surface area (Å²) in [5, 5.41) is 10.9. The molecule has 1 aromatic heterocycles. The Morgan fingerprint density at radius 1 is 0.875 bits per heavy atom. The molecule has 0 radical (unpaired) electrons. The predicted octanol–water partition coefficient (Wildman–Crippen LogP) is 6.62. The third kappa shape index (κ3) is 8.06. The Morgan fingerprint density at radius 2 is 1.64 bits per heavy atom. The highest BCUT2D eigenvalue weighted by molar-refractivity contribution is 7.99. The molecule has 13 heteroatoms. The van der Waals surface area contributed by atoms with E-state index in [4.69, 9.17) is 15.6 Å². The fourth-order valence-electron chi connectivity index (χ4n) is 8.71. The van der Waals surface area contributed by atoms with Crippen LogP contribution in [0.25, 0.3) is 11.3 Å². The van der Waals surface area contributed by atoms with Gasteiger partial charge < -0.3 is 25.6 Å². The molecule has 0 bridgehead atoms. The van der Waals surface area contributed by atoms with Crippen molar-refractivity contribution in [1.29, 1.82) is 0 Å². The molecule has 3 aromatic carbocycles. The van der Waals surface area contributed by atoms with E-state index in [1.807, 2.05) is 71.4 Å². The highest BCUT2D eigenvalue weighted by Gasteiger charge is 2.40. The van der Waals surface area contributed by atoms with E-state index >= 15 is 0 Å². The number of nitrogens with one attached hydrogen (secondary N) is 2. The number of nitrogens with zero attached hydrogens (tertiary/aromatic N) is 4. The van der Waals surface area contributed by atoms with Crippen molar-refractivity contribution in [2.24, 2.45) is 11.7 Å². The number of fused-ring (bicyclic) bond motifs is 2. The molecule has 0 spiro atoms. The van der Waals surface area contributed by atoms with Crippen LogP contribution in [0.15, 0.2) is 77.7 Å². The van der Waals surface area contributed by atoms with Crippen LogP contribution in [-0.4, -0.2) is 81.2 Å². The van der Waals surface area contributed by atoms with E-state index in [1.165, 1.54) is 12.8 Å². The fraction of sp³-hybridized carbons (Fsp3) is 0.419. The first-order chi connectivity index (χ1) is 27.3. The second kappa shape index (κ2) is 16.9. The van der Waals surface area contributed by atoms with Gasteiger partial charge in [0.1, 0.15) is 34.6 Å². The van der Waals surface area contributed by atoms with Crippen LogP contribution >= 0.6 is 11.8 Å². The summed E-state index contributed by atoms with van der Waals surface area (Å²) >= 11 is 1.79. The molecule has 0 saturated carbocycles. The van der Waals surface area contributed by atoms with Crippen LogP contribution in [-0.2, 0) is 16.1 Å². The van der Waals surface area contributed by atoms with Crippen molar-refractivity contribution in [2.75, 3.05) is 37.2 Å². The van der Waals surface area contributed by atoms with E-state index in [0.29, 0.717) is 41.5 Å². The summed E-state index contributed by atoms with van der Waals surface area (Å²) in [6, 6.07) is 22.8. The highest BCUT2D eigenvalue weighted by atomic mass is 32.2. The Kier molecular flexibility index (Phi) is 11.4. The number of benzene rings is 3. The smallest absolute Gasteiger partial charge is 0.255 e. The van der Waals surface area contributed by atoms with E-state index in [9.17, 15) is 19.2 Å². The molecule has 4 aromatic rings. The molecule has 4 amide bonds. The molecule has 4 aliphatic rings. The normalized spacial score (nSPS) is 20.0. The number of hydrogen-bond acceptors (Lipinski definition) is 9. The van der Waals surface area contributed by atoms with Gasteiger partial charge in [-0.2, -0.15) is 5.10 Å². The Labute approximate surface area is 331 Å². The number of piperidine rings is 2. The van der Waals surface area contributed by atoms with Crippen LogP contribution in [0.2, 0.25) is 0 Å². The number of amides is 4. The lowest BCUT2D eigenvalue weighted by molar-refractivity contribution is -0.136. The molecule has 8 rings (SSSR count). The molecule has 2 unspecified atom stereocenters. The number of hydrogen-bond donors (Lipinski definition) is 3. The van der Waals surface area contributed by atoms with E-state index in [1.54, 1.807) is 16.7 Å². The van der Waals surface area contributed by atoms with Gasteiger partial charge in [0.05, 0.1) is 6.04 Å². The van der Waals surface area contributed by atoms with E-state index in [0.717, 1.165) is 91.6 Å². The summed E-state index contributed by atoms with van der Waals surface area (Å²) in [5.41, 5.74) is 9.52. The topological polar surface area (TPSA) is 152 Å². The summed E-state index contributed by atoms with van der Waals surface area (Å²) in [6.07, 6.45) is 8.39. The Morgan fingerprint density at radius 3 is 2.41 bits per heavy atom. The molecule has 56 heavy (non-hydrogen) atoms. The zero-order chi connectivity index (χ0) is 38.6. The van der Waals surface area contributed by atoms with E-state index in [2.05, 4.69) is 21.6 Å². The second-order valence-electron chi connectivity index (χ2n) is 15.2. The van der Waals surface area contributed by atoms with Crippen molar-refractivity contribution in [3.05, 3.63) is 89.5 Å². The lowest BCUT2D eigenvalue weighted by Crippen LogP contribution is -2.52. The van der Waals surface area contributed by atoms with Gasteiger partial charge in [-0.3, -0.25) is 24.5 Å². The van der Waals surface area contributed by atoms with Crippen LogP contribution in [0.3, 0.4) is 0 Å². The number of anilines is 1. The molecule has 4 aliphatic heterocycles. The number of thioether (sulfide) groups is 1. The predicted molar refractivity (Wildman–Crippen MR) is 216 cm³/mol. The lowest BCUT2D eigenvalue weighted by Gasteiger charge is -2.38. The van der Waals surface area contributed by atoms with Gasteiger partial charge in [0, 0.05) is 35.5 Å². The Hall–Kier alpha value is -5.14. The van der Waals surface area contributed by atoms with Crippen molar-refractivity contribution >= 4 is 41.2 Å². The number of nitrogens with two attached hydrogens (primary N) is 1. The molecular weight excluding hydrogens is 727 g/mol. The van der Waals surface area contributed by atoms with Crippen LogP contribution in [0.4, 0.5) is 5.82 Å². The number of carbonyl (C=O) groups excluding carboxylic acids is 4. The quantitative estimate of drug-likeness (QED) is 0.0729. The minimum atomic E-state index is -0.591. The maximum atomic E-state index is 13.2. The molecule has 4 N–H and O–H groups in total. The van der Waals surface area contributed by atoms with Crippen molar-refractivity contribution < 1.29 is 23.9 Å². The largest absolute Gasteiger partial charge is 0.457 e. The van der Waals surface area contributed by atoms with Crippen LogP contribution in [0.1, 0.15) is 90.1 Å². The highest BCUT2D eigenvalue weighted by Crippen LogP contribution is 2.40. The molecule has 0 aliphatic carbocycles. The number of rotatable bonds is 14. The molecular formula is C43H49N7O5S. The van der Waals surface area contributed by atoms with Gasteiger partial charge in [-0.15, -0.1) is 11.8 Å². The summed E-state index contributed by atoms with van der Waals surface area (Å²) in [6.45, 7) is 4.42. The number of likely N-dealkylation sites (tertiary alicyclic amines) is 1. The van der Waals surface area contributed by atoms with Crippen molar-refractivity contribution in [3.63, 3.8) is 0 Å². The molecule has 2 fully saturated rings. The fourth-order valence-corrected chi connectivity index (χ4v) is 9.80. The number of unbranched alkanes of at least 4 members (excludes halogenated alkanes) is 3. The van der Waals surface area contributed by atoms with Crippen molar-refractivity contribution in [3.8, 4) is 22.8 Å². The van der Waals surface area contributed by atoms with E-state index < -0.39 is 11.9 Å². The number of aromatic nitrogens is 2. The summed E-state index contributed by atoms with van der Waals surface area (Å²) in [7, 11) is 0. The van der Waals surface area contributed by atoms with Gasteiger partial charge in [0.15, 0.2) is 0 Å². The van der Waals surface area contributed by atoms with Gasteiger partial charge in [-0.05, 0) is 124 Å². The zero-order valence-corrected chi connectivity index (χ0v) is 32.4. The minimum Gasteiger partial charge on any atom is -0.457 e. The summed E-state index contributed by atoms with van der Waals surface area (Å²) in [5.74, 6) is 2.40. The summed E-state index contributed by atoms with van der Waals surface area (Å²) in [4.78, 5) is 55.4. The number of carbonyl (C=O) groups is 4. The van der Waals surface area contributed by atoms with Crippen LogP contribution in [0.5, 0.6) is 11.5 Å². The van der Waals surface area contributed by atoms with Gasteiger partial charge >= 0.3 is 0 Å². The Balaban J connectivity index is 0.786. The zero-order valence-electron chi connectivity index (χ0n) is 31.6. The molecule has 292 valence electrons. The van der Waals surface area contributed by atoms with E-state index in [-0.39, 0.29) is 30.2 Å². The maximum absolute atomic E-state index is 13.2. The van der Waals surface area contributed by atoms with Crippen LogP contribution in [0, 0.1) is 5.92 Å². The standard InChI is InChI=1S/C43H49N7O5S/c44-40(52)38-39(29-13-15-31(16-14-29)55-30-9-4-3-5-10-30)47-50-34(19-22-45-41(38)50)28-20-24-48(25-21-28)23-6-1-2-7-26-56-36-12-8-11-32-33(36)27-49(43(32)54)35-17-18-37(51)46-42(35)53/h3-5,8-16,28,34-35,45H,1-2,6-7,17-27H2,(H2,44,52)(H,46,51,53). The maximum Gasteiger partial charge on any atom is 0.255 e. The first-order valence-corrected chi connectivity index (χ1v) is 20.9. The number of imide groups is 1. The average molecular weight is 776 g/mol. The van der Waals surface area contributed by atoms with Gasteiger partial charge in [-0.1, -0.05) is 37.1 Å². The first-order valence-electron chi connectivity index (χ1n) is 20.0. The first kappa shape index (κ1) is 37.8. The average Bonchev–Trinajstić information content (AvgIpc) is 3.77. The lowest BCUT2D eigenvalue weighted by atomic mass is 9.86. The number of primary amides is 1. The SMILES string of the molecule is NC(=O)c1c(-c2ccc(Oc3ccccc3)cc2)nn2c1NCCC2C1CCN(CCCCCCSc2cccc3c2CN(C2CCC(=O)NC2=O)C3=O)CC1. The van der Waals surface area contributed by atoms with Crippen molar-refractivity contribution in [1.82, 2.24) is 24.9 Å². The molecule has 2 saturated heterocycles. The third-order valence-corrected chi connectivity index (χ3v) is 12.8. The molecule has 12 nitrogen and oxygen atoms in total. The third-order valence-electron chi connectivity index (χ3n) is 11.7. The minimum absolute atomic E-state index is 0.123. The molecule has 5 heterocycles. The Bertz CT molecular complexity index is 2080.